The Labute approximate surface area is 451 Å². The van der Waals surface area contributed by atoms with Crippen molar-refractivity contribution in [2.24, 2.45) is 0 Å². The zero-order valence-corrected chi connectivity index (χ0v) is 49.3. The molecule has 0 saturated heterocycles. The lowest BCUT2D eigenvalue weighted by Gasteiger charge is -2.27. The number of amides is 1. The first-order chi connectivity index (χ1) is 35.4. The zero-order valence-electron chi connectivity index (χ0n) is 48.4. The third kappa shape index (κ3) is 54.1. The van der Waals surface area contributed by atoms with Crippen molar-refractivity contribution in [2.75, 3.05) is 40.9 Å². The van der Waals surface area contributed by atoms with Crippen LogP contribution in [-0.2, 0) is 27.9 Å². The Morgan fingerprint density at radius 2 is 0.849 bits per heavy atom. The van der Waals surface area contributed by atoms with Gasteiger partial charge in [0.05, 0.1) is 33.8 Å². The number of rotatable bonds is 54. The van der Waals surface area contributed by atoms with Crippen molar-refractivity contribution >= 4 is 19.7 Å². The SMILES string of the molecule is CCCCC/C=C\C/C=C\C/C=C\CCCCCCCCCCC(=O)NC(COP(=O)(O)OCC[N+](C)(C)C)C(/C=C\CCCCCCCCCCCCC)OC(=O)CC/C=C/C/C=C\CCCCCCCC. The minimum Gasteiger partial charge on any atom is -0.456 e. The average Bonchev–Trinajstić information content (AvgIpc) is 3.35. The molecule has 73 heavy (non-hydrogen) atoms. The van der Waals surface area contributed by atoms with E-state index in [-0.39, 0.29) is 25.5 Å². The molecule has 9 nitrogen and oxygen atoms in total. The van der Waals surface area contributed by atoms with Crippen LogP contribution in [0.25, 0.3) is 0 Å². The second-order valence-electron chi connectivity index (χ2n) is 21.5. The van der Waals surface area contributed by atoms with Crippen molar-refractivity contribution in [1.82, 2.24) is 5.32 Å². The Bertz CT molecular complexity index is 1480. The summed E-state index contributed by atoms with van der Waals surface area (Å²) in [6, 6.07) is -0.876. The number of esters is 1. The second kappa shape index (κ2) is 52.9. The molecular formula is C63H116N2O7P+. The van der Waals surface area contributed by atoms with Gasteiger partial charge in [-0.3, -0.25) is 18.6 Å². The zero-order chi connectivity index (χ0) is 53.6. The monoisotopic (exact) mass is 1040 g/mol. The Morgan fingerprint density at radius 3 is 1.30 bits per heavy atom. The number of carbonyl (C=O) groups is 2. The minimum atomic E-state index is -4.46. The molecule has 0 aliphatic carbocycles. The predicted molar refractivity (Wildman–Crippen MR) is 314 cm³/mol. The topological polar surface area (TPSA) is 111 Å². The lowest BCUT2D eigenvalue weighted by molar-refractivity contribution is -0.870. The minimum absolute atomic E-state index is 0.0291. The van der Waals surface area contributed by atoms with Gasteiger partial charge in [-0.1, -0.05) is 235 Å². The van der Waals surface area contributed by atoms with Gasteiger partial charge < -0.3 is 19.4 Å². The van der Waals surface area contributed by atoms with Crippen LogP contribution in [0.3, 0.4) is 0 Å². The molecule has 0 aromatic heterocycles. The molecule has 1 amide bonds. The standard InChI is InChI=1S/C63H115N2O7P/c1-7-10-13-16-19-22-25-28-29-30-31-32-33-34-35-38-40-43-46-49-52-55-62(66)64-60(59-71-73(68,69)70-58-57-65(4,5)6)61(54-51-48-45-42-39-36-26-23-20-17-14-11-8-2)72-63(67)56-53-50-47-44-41-37-27-24-21-18-15-12-9-3/h19,22,28-29,31-32,37,41,47,50-51,54,60-61H,7-18,20-21,23-27,30,33-36,38-40,42-46,48-49,52-53,55-59H2,1-6H3,(H-,64,66,68,69)/p+1/b22-19-,29-28-,32-31-,41-37-,50-47+,54-51-. The van der Waals surface area contributed by atoms with E-state index in [0.717, 1.165) is 77.0 Å². The molecule has 0 spiro atoms. The fraction of sp³-hybridized carbons (Fsp3) is 0.778. The molecule has 0 bridgehead atoms. The van der Waals surface area contributed by atoms with Crippen molar-refractivity contribution in [1.29, 1.82) is 0 Å². The van der Waals surface area contributed by atoms with Crippen molar-refractivity contribution in [2.45, 2.75) is 277 Å². The van der Waals surface area contributed by atoms with Gasteiger partial charge >= 0.3 is 13.8 Å². The molecule has 0 rings (SSSR count). The van der Waals surface area contributed by atoms with Crippen LogP contribution < -0.4 is 5.32 Å². The summed E-state index contributed by atoms with van der Waals surface area (Å²) in [7, 11) is 1.46. The van der Waals surface area contributed by atoms with Crippen molar-refractivity contribution in [3.8, 4) is 0 Å². The number of nitrogens with one attached hydrogen (secondary N) is 1. The van der Waals surface area contributed by atoms with Gasteiger partial charge in [0.25, 0.3) is 0 Å². The van der Waals surface area contributed by atoms with Gasteiger partial charge in [0, 0.05) is 12.8 Å². The van der Waals surface area contributed by atoms with Gasteiger partial charge in [-0.2, -0.15) is 0 Å². The maximum Gasteiger partial charge on any atom is 0.472 e. The molecule has 3 unspecified atom stereocenters. The maximum absolute atomic E-state index is 13.5. The van der Waals surface area contributed by atoms with E-state index in [4.69, 9.17) is 13.8 Å². The summed E-state index contributed by atoms with van der Waals surface area (Å²) < 4.78 is 30.6. The molecule has 3 atom stereocenters. The summed E-state index contributed by atoms with van der Waals surface area (Å²) in [6.07, 6.45) is 67.7. The van der Waals surface area contributed by atoms with Crippen LogP contribution in [-0.4, -0.2) is 74.3 Å². The number of carbonyl (C=O) groups excluding carboxylic acids is 2. The molecule has 0 fully saturated rings. The molecule has 0 aliphatic rings. The number of hydrogen-bond acceptors (Lipinski definition) is 6. The predicted octanol–water partition coefficient (Wildman–Crippen LogP) is 18.4. The Kier molecular flexibility index (Phi) is 51.0. The van der Waals surface area contributed by atoms with E-state index in [0.29, 0.717) is 23.9 Å². The van der Waals surface area contributed by atoms with Gasteiger partial charge in [0.2, 0.25) is 5.91 Å². The van der Waals surface area contributed by atoms with Crippen LogP contribution in [0.1, 0.15) is 265 Å². The van der Waals surface area contributed by atoms with E-state index < -0.39 is 25.9 Å². The van der Waals surface area contributed by atoms with Gasteiger partial charge in [-0.25, -0.2) is 4.57 Å². The molecule has 0 aromatic rings. The van der Waals surface area contributed by atoms with Crippen LogP contribution in [0.15, 0.2) is 72.9 Å². The maximum atomic E-state index is 13.5. The quantitative estimate of drug-likeness (QED) is 0.0205. The van der Waals surface area contributed by atoms with E-state index in [1.807, 2.05) is 39.4 Å². The van der Waals surface area contributed by atoms with E-state index in [1.54, 1.807) is 0 Å². The van der Waals surface area contributed by atoms with Crippen molar-refractivity contribution < 1.29 is 37.3 Å². The molecular weight excluding hydrogens is 928 g/mol. The molecule has 0 heterocycles. The van der Waals surface area contributed by atoms with Crippen molar-refractivity contribution in [3.63, 3.8) is 0 Å². The Morgan fingerprint density at radius 1 is 0.479 bits per heavy atom. The van der Waals surface area contributed by atoms with Crippen LogP contribution in [0.2, 0.25) is 0 Å². The molecule has 0 aliphatic heterocycles. The Hall–Kier alpha value is -2.55. The lowest BCUT2D eigenvalue weighted by Crippen LogP contribution is -2.47. The molecule has 0 saturated carbocycles. The lowest BCUT2D eigenvalue weighted by atomic mass is 10.0. The summed E-state index contributed by atoms with van der Waals surface area (Å²) in [5, 5.41) is 3.04. The first-order valence-electron chi connectivity index (χ1n) is 30.3. The number of ether oxygens (including phenoxy) is 1. The van der Waals surface area contributed by atoms with E-state index >= 15 is 0 Å². The second-order valence-corrected chi connectivity index (χ2v) is 23.0. The van der Waals surface area contributed by atoms with Crippen molar-refractivity contribution in [3.05, 3.63) is 72.9 Å². The van der Waals surface area contributed by atoms with Gasteiger partial charge in [-0.05, 0) is 89.5 Å². The third-order valence-electron chi connectivity index (χ3n) is 13.1. The molecule has 0 radical (unpaired) electrons. The average molecular weight is 1040 g/mol. The largest absolute Gasteiger partial charge is 0.472 e. The summed E-state index contributed by atoms with van der Waals surface area (Å²) >= 11 is 0. The van der Waals surface area contributed by atoms with Gasteiger partial charge in [0.15, 0.2) is 0 Å². The fourth-order valence-corrected chi connectivity index (χ4v) is 9.15. The number of nitrogens with zero attached hydrogens (tertiary/aromatic N) is 1. The highest BCUT2D eigenvalue weighted by atomic mass is 31.2. The first kappa shape index (κ1) is 70.5. The van der Waals surface area contributed by atoms with Crippen LogP contribution in [0.4, 0.5) is 0 Å². The number of phosphoric acid groups is 1. The third-order valence-corrected chi connectivity index (χ3v) is 14.1. The summed E-state index contributed by atoms with van der Waals surface area (Å²) in [5.74, 6) is -0.590. The summed E-state index contributed by atoms with van der Waals surface area (Å²) in [6.45, 7) is 6.94. The number of quaternary nitrogens is 1. The molecule has 10 heteroatoms. The summed E-state index contributed by atoms with van der Waals surface area (Å²) in [5.41, 5.74) is 0. The molecule has 2 N–H and O–H groups in total. The summed E-state index contributed by atoms with van der Waals surface area (Å²) in [4.78, 5) is 37.6. The smallest absolute Gasteiger partial charge is 0.456 e. The van der Waals surface area contributed by atoms with Gasteiger partial charge in [-0.15, -0.1) is 0 Å². The van der Waals surface area contributed by atoms with Gasteiger partial charge in [0.1, 0.15) is 19.3 Å². The van der Waals surface area contributed by atoms with Crippen LogP contribution in [0.5, 0.6) is 0 Å². The Balaban J connectivity index is 5.34. The highest BCUT2D eigenvalue weighted by Gasteiger charge is 2.30. The van der Waals surface area contributed by atoms with E-state index in [9.17, 15) is 19.0 Å². The highest BCUT2D eigenvalue weighted by molar-refractivity contribution is 7.47. The molecule has 424 valence electrons. The number of likely N-dealkylation sites (N-methyl/N-ethyl adjacent to an activating group) is 1. The van der Waals surface area contributed by atoms with Crippen LogP contribution >= 0.6 is 7.82 Å². The van der Waals surface area contributed by atoms with E-state index in [2.05, 4.69) is 80.8 Å². The van der Waals surface area contributed by atoms with Crippen LogP contribution in [0, 0.1) is 0 Å². The number of allylic oxidation sites excluding steroid dienone is 11. The molecule has 0 aromatic carbocycles. The van der Waals surface area contributed by atoms with E-state index in [1.165, 1.54) is 148 Å². The first-order valence-corrected chi connectivity index (χ1v) is 31.8. The number of phosphoric ester groups is 1. The normalized spacial score (nSPS) is 14.2. The number of hydrogen-bond donors (Lipinski definition) is 2. The number of unbranched alkanes of at least 4 members (excludes halogenated alkanes) is 28. The fourth-order valence-electron chi connectivity index (χ4n) is 8.41. The highest BCUT2D eigenvalue weighted by Crippen LogP contribution is 2.43.